The lowest BCUT2D eigenvalue weighted by molar-refractivity contribution is -0.122. The van der Waals surface area contributed by atoms with E-state index in [0.717, 1.165) is 27.8 Å². The molecule has 1 aliphatic rings. The second-order valence-corrected chi connectivity index (χ2v) is 10.2. The Hall–Kier alpha value is -3.40. The van der Waals surface area contributed by atoms with Gasteiger partial charge in [-0.2, -0.15) is 5.26 Å². The van der Waals surface area contributed by atoms with Gasteiger partial charge in [-0.3, -0.25) is 4.79 Å². The van der Waals surface area contributed by atoms with Crippen molar-refractivity contribution < 1.29 is 9.90 Å². The molecule has 0 saturated carbocycles. The Morgan fingerprint density at radius 1 is 1.00 bits per heavy atom. The van der Waals surface area contributed by atoms with Crippen molar-refractivity contribution in [2.75, 3.05) is 26.2 Å². The van der Waals surface area contributed by atoms with Crippen LogP contribution in [0.2, 0.25) is 0 Å². The van der Waals surface area contributed by atoms with Crippen molar-refractivity contribution in [3.8, 4) is 6.07 Å². The molecule has 1 saturated heterocycles. The van der Waals surface area contributed by atoms with E-state index < -0.39 is 17.4 Å². The fraction of sp³-hybridized carbons (Fsp3) is 0.355. The van der Waals surface area contributed by atoms with E-state index in [1.807, 2.05) is 86.6 Å². The SMILES string of the molecule is [B]c1ccccc1C1(C#N)CCN(CC(O)CNC(=O)C(c2ccc(C)cc2)c2ccc(C)cc2)CC1. The summed E-state index contributed by atoms with van der Waals surface area (Å²) in [7, 11) is 6.17. The number of nitriles is 1. The molecule has 3 aromatic carbocycles. The molecular formula is C31H34BN3O2. The summed E-state index contributed by atoms with van der Waals surface area (Å²) in [4.78, 5) is 15.5. The number of hydrogen-bond acceptors (Lipinski definition) is 4. The maximum absolute atomic E-state index is 13.3. The number of piperidine rings is 1. The van der Waals surface area contributed by atoms with Gasteiger partial charge in [-0.05, 0) is 43.4 Å². The normalized spacial score (nSPS) is 16.2. The van der Waals surface area contributed by atoms with Crippen molar-refractivity contribution >= 4 is 19.2 Å². The number of nitrogens with zero attached hydrogens (tertiary/aromatic N) is 2. The van der Waals surface area contributed by atoms with E-state index in [-0.39, 0.29) is 12.5 Å². The molecule has 2 N–H and O–H groups in total. The Labute approximate surface area is 221 Å². The zero-order chi connectivity index (χ0) is 26.4. The van der Waals surface area contributed by atoms with Gasteiger partial charge in [0, 0.05) is 26.2 Å². The van der Waals surface area contributed by atoms with E-state index in [0.29, 0.717) is 37.9 Å². The number of β-amino-alcohol motifs (C(OH)–C–C–N with tert-alkyl or cyclic N) is 1. The van der Waals surface area contributed by atoms with E-state index in [1.54, 1.807) is 0 Å². The average molecular weight is 491 g/mol. The quantitative estimate of drug-likeness (QED) is 0.475. The monoisotopic (exact) mass is 491 g/mol. The summed E-state index contributed by atoms with van der Waals surface area (Å²) in [5.74, 6) is -0.579. The Morgan fingerprint density at radius 2 is 1.54 bits per heavy atom. The van der Waals surface area contributed by atoms with Crippen LogP contribution >= 0.6 is 0 Å². The Bertz CT molecular complexity index is 1200. The van der Waals surface area contributed by atoms with Crippen LogP contribution in [0.25, 0.3) is 0 Å². The summed E-state index contributed by atoms with van der Waals surface area (Å²) in [5.41, 5.74) is 5.06. The highest BCUT2D eigenvalue weighted by Crippen LogP contribution is 2.34. The number of aryl methyl sites for hydroxylation is 2. The van der Waals surface area contributed by atoms with Gasteiger partial charge in [-0.25, -0.2) is 0 Å². The number of amides is 1. The van der Waals surface area contributed by atoms with Gasteiger partial charge < -0.3 is 15.3 Å². The van der Waals surface area contributed by atoms with Crippen LogP contribution < -0.4 is 10.8 Å². The number of rotatable bonds is 8. The lowest BCUT2D eigenvalue weighted by Gasteiger charge is -2.39. The highest BCUT2D eigenvalue weighted by molar-refractivity contribution is 6.33. The molecule has 0 bridgehead atoms. The number of carbonyl (C=O) groups excluding carboxylic acids is 1. The highest BCUT2D eigenvalue weighted by atomic mass is 16.3. The molecule has 0 spiro atoms. The molecule has 2 radical (unpaired) electrons. The minimum Gasteiger partial charge on any atom is -0.390 e. The van der Waals surface area contributed by atoms with Crippen LogP contribution in [0.3, 0.4) is 0 Å². The molecule has 5 nitrogen and oxygen atoms in total. The zero-order valence-corrected chi connectivity index (χ0v) is 21.7. The van der Waals surface area contributed by atoms with E-state index >= 15 is 0 Å². The summed E-state index contributed by atoms with van der Waals surface area (Å²) >= 11 is 0. The molecule has 1 amide bonds. The molecule has 0 aromatic heterocycles. The second-order valence-electron chi connectivity index (χ2n) is 10.2. The molecule has 1 atom stereocenters. The number of aliphatic hydroxyl groups excluding tert-OH is 1. The molecule has 6 heteroatoms. The number of aliphatic hydroxyl groups is 1. The number of hydrogen-bond donors (Lipinski definition) is 2. The van der Waals surface area contributed by atoms with E-state index in [2.05, 4.69) is 16.3 Å². The summed E-state index contributed by atoms with van der Waals surface area (Å²) in [6.07, 6.45) is 0.594. The first-order valence-electron chi connectivity index (χ1n) is 12.9. The van der Waals surface area contributed by atoms with Crippen molar-refractivity contribution in [1.29, 1.82) is 5.26 Å². The Kier molecular flexibility index (Phi) is 8.48. The van der Waals surface area contributed by atoms with Gasteiger partial charge in [-0.15, -0.1) is 0 Å². The van der Waals surface area contributed by atoms with Gasteiger partial charge in [0.05, 0.1) is 23.5 Å². The third kappa shape index (κ3) is 6.30. The van der Waals surface area contributed by atoms with E-state index in [9.17, 15) is 15.2 Å². The van der Waals surface area contributed by atoms with Gasteiger partial charge >= 0.3 is 0 Å². The standard InChI is InChI=1S/C31H34BN3O2/c1-22-7-11-24(12-8-22)29(25-13-9-23(2)10-14-25)30(37)34-19-26(36)20-35-17-15-31(21-33,16-18-35)27-5-3-4-6-28(27)32/h3-14,26,29,36H,15-20H2,1-2H3,(H,34,37). The van der Waals surface area contributed by atoms with E-state index in [1.165, 1.54) is 0 Å². The average Bonchev–Trinajstić information content (AvgIpc) is 2.91. The molecule has 1 aliphatic heterocycles. The Morgan fingerprint density at radius 3 is 2.05 bits per heavy atom. The van der Waals surface area contributed by atoms with Crippen LogP contribution in [0.1, 0.15) is 46.6 Å². The summed E-state index contributed by atoms with van der Waals surface area (Å²) in [6.45, 7) is 6.02. The van der Waals surface area contributed by atoms with Crippen LogP contribution in [0.4, 0.5) is 0 Å². The molecule has 188 valence electrons. The number of benzene rings is 3. The van der Waals surface area contributed by atoms with E-state index in [4.69, 9.17) is 7.85 Å². The number of likely N-dealkylation sites (tertiary alicyclic amines) is 1. The molecule has 1 unspecified atom stereocenters. The number of nitrogens with one attached hydrogen (secondary N) is 1. The minimum absolute atomic E-state index is 0.131. The van der Waals surface area contributed by atoms with Crippen LogP contribution in [0.15, 0.2) is 72.8 Å². The molecule has 3 aromatic rings. The maximum Gasteiger partial charge on any atom is 0.232 e. The smallest absolute Gasteiger partial charge is 0.232 e. The molecule has 37 heavy (non-hydrogen) atoms. The third-order valence-corrected chi connectivity index (χ3v) is 7.46. The molecule has 0 aliphatic carbocycles. The van der Waals surface area contributed by atoms with Crippen molar-refractivity contribution in [3.63, 3.8) is 0 Å². The van der Waals surface area contributed by atoms with Crippen molar-refractivity contribution in [3.05, 3.63) is 101 Å². The van der Waals surface area contributed by atoms with Crippen molar-refractivity contribution in [2.24, 2.45) is 0 Å². The summed E-state index contributed by atoms with van der Waals surface area (Å²) < 4.78 is 0. The lowest BCUT2D eigenvalue weighted by atomic mass is 9.69. The number of carbonyl (C=O) groups is 1. The Balaban J connectivity index is 1.36. The van der Waals surface area contributed by atoms with Crippen LogP contribution in [-0.2, 0) is 10.2 Å². The first kappa shape index (κ1) is 26.7. The van der Waals surface area contributed by atoms with Gasteiger partial charge in [0.25, 0.3) is 0 Å². The second kappa shape index (κ2) is 11.8. The fourth-order valence-corrected chi connectivity index (χ4v) is 5.19. The van der Waals surface area contributed by atoms with Crippen LogP contribution in [0, 0.1) is 25.2 Å². The lowest BCUT2D eigenvalue weighted by Crippen LogP contribution is -2.48. The van der Waals surface area contributed by atoms with Crippen LogP contribution in [-0.4, -0.2) is 56.0 Å². The van der Waals surface area contributed by atoms with Gasteiger partial charge in [0.2, 0.25) is 5.91 Å². The third-order valence-electron chi connectivity index (χ3n) is 7.46. The molecule has 1 heterocycles. The largest absolute Gasteiger partial charge is 0.390 e. The van der Waals surface area contributed by atoms with Gasteiger partial charge in [-0.1, -0.05) is 89.4 Å². The minimum atomic E-state index is -0.711. The highest BCUT2D eigenvalue weighted by Gasteiger charge is 2.37. The zero-order valence-electron chi connectivity index (χ0n) is 21.7. The topological polar surface area (TPSA) is 76.4 Å². The first-order valence-corrected chi connectivity index (χ1v) is 12.9. The summed E-state index contributed by atoms with van der Waals surface area (Å²) in [5, 5.41) is 23.7. The van der Waals surface area contributed by atoms with Gasteiger partial charge in [0.1, 0.15) is 7.85 Å². The van der Waals surface area contributed by atoms with Gasteiger partial charge in [0.15, 0.2) is 0 Å². The summed E-state index contributed by atoms with van der Waals surface area (Å²) in [6, 6.07) is 26.1. The maximum atomic E-state index is 13.3. The first-order chi connectivity index (χ1) is 17.8. The molecular weight excluding hydrogens is 457 g/mol. The molecule has 1 fully saturated rings. The van der Waals surface area contributed by atoms with Crippen molar-refractivity contribution in [2.45, 2.75) is 44.1 Å². The van der Waals surface area contributed by atoms with Crippen LogP contribution in [0.5, 0.6) is 0 Å². The fourth-order valence-electron chi connectivity index (χ4n) is 5.19. The predicted molar refractivity (Wildman–Crippen MR) is 148 cm³/mol. The predicted octanol–water partition coefficient (Wildman–Crippen LogP) is 3.26. The van der Waals surface area contributed by atoms with Crippen molar-refractivity contribution in [1.82, 2.24) is 10.2 Å². The molecule has 4 rings (SSSR count).